The number of hydrogen-bond acceptors (Lipinski definition) is 5. The van der Waals surface area contributed by atoms with Gasteiger partial charge in [0, 0.05) is 9.75 Å². The molecule has 0 aliphatic rings. The Morgan fingerprint density at radius 2 is 2.25 bits per heavy atom. The largest absolute Gasteiger partial charge is 0.394 e. The van der Waals surface area contributed by atoms with Gasteiger partial charge >= 0.3 is 0 Å². The Morgan fingerprint density at radius 1 is 1.44 bits per heavy atom. The number of anilines is 2. The van der Waals surface area contributed by atoms with E-state index in [9.17, 15) is 0 Å². The minimum Gasteiger partial charge on any atom is -0.394 e. The summed E-state index contributed by atoms with van der Waals surface area (Å²) in [6.45, 7) is 5.00. The van der Waals surface area contributed by atoms with Gasteiger partial charge in [0.25, 0.3) is 0 Å². The van der Waals surface area contributed by atoms with Gasteiger partial charge in [-0.05, 0) is 25.5 Å². The van der Waals surface area contributed by atoms with Gasteiger partial charge in [0.1, 0.15) is 6.33 Å². The summed E-state index contributed by atoms with van der Waals surface area (Å²) < 4.78 is 0. The number of nitrogen functional groups attached to an aromatic ring is 1. The number of nitrogens with two attached hydrogens (primary N) is 1. The van der Waals surface area contributed by atoms with E-state index >= 15 is 0 Å². The number of nitrogens with zero attached hydrogens (tertiary/aromatic N) is 2. The first-order valence-electron chi connectivity index (χ1n) is 5.02. The van der Waals surface area contributed by atoms with Gasteiger partial charge in [0.05, 0.1) is 18.4 Å². The predicted molar refractivity (Wildman–Crippen MR) is 67.6 cm³/mol. The molecular weight excluding hydrogens is 220 g/mol. The zero-order valence-electron chi connectivity index (χ0n) is 9.32. The Bertz CT molecular complexity index is 473. The molecule has 0 aliphatic carbocycles. The number of hydrogen-bond donors (Lipinski definition) is 2. The molecule has 0 bridgehead atoms. The molecule has 2 aromatic heterocycles. The van der Waals surface area contributed by atoms with E-state index < -0.39 is 0 Å². The van der Waals surface area contributed by atoms with Gasteiger partial charge in [-0.25, -0.2) is 9.97 Å². The molecule has 0 radical (unpaired) electrons. The van der Waals surface area contributed by atoms with Gasteiger partial charge in [-0.3, -0.25) is 0 Å². The second-order valence-electron chi connectivity index (χ2n) is 3.63. The molecule has 0 saturated heterocycles. The van der Waals surface area contributed by atoms with Gasteiger partial charge in [0.15, 0.2) is 5.82 Å². The first-order valence-corrected chi connectivity index (χ1v) is 5.83. The molecule has 2 heterocycles. The van der Waals surface area contributed by atoms with E-state index in [4.69, 9.17) is 5.73 Å². The highest BCUT2D eigenvalue weighted by molar-refractivity contribution is 7.12. The van der Waals surface area contributed by atoms with Gasteiger partial charge in [-0.1, -0.05) is 0 Å². The standard InChI is InChI=1S/C11H14N4S/c1-7-3-9(16-8(7)2)4-14-11-10(12)5-13-6-15-11/h3,5-6H,4,12H2,1-2H3,(H,13,14,15). The van der Waals surface area contributed by atoms with E-state index in [1.807, 2.05) is 0 Å². The van der Waals surface area contributed by atoms with Crippen molar-refractivity contribution in [3.05, 3.63) is 33.9 Å². The minimum absolute atomic E-state index is 0.576. The van der Waals surface area contributed by atoms with Crippen LogP contribution in [0, 0.1) is 13.8 Å². The molecule has 0 spiro atoms. The Balaban J connectivity index is 2.05. The highest BCUT2D eigenvalue weighted by Crippen LogP contribution is 2.22. The van der Waals surface area contributed by atoms with Crippen LogP contribution in [0.2, 0.25) is 0 Å². The van der Waals surface area contributed by atoms with Gasteiger partial charge in [-0.15, -0.1) is 11.3 Å². The molecule has 0 saturated carbocycles. The molecule has 2 aromatic rings. The first kappa shape index (κ1) is 10.9. The minimum atomic E-state index is 0.576. The summed E-state index contributed by atoms with van der Waals surface area (Å²) >= 11 is 1.79. The molecule has 0 atom stereocenters. The van der Waals surface area contributed by atoms with Crippen LogP contribution in [0.1, 0.15) is 15.3 Å². The number of aryl methyl sites for hydroxylation is 2. The van der Waals surface area contributed by atoms with Gasteiger partial charge in [-0.2, -0.15) is 0 Å². The molecule has 2 rings (SSSR count). The fourth-order valence-electron chi connectivity index (χ4n) is 1.40. The lowest BCUT2D eigenvalue weighted by Gasteiger charge is -2.05. The highest BCUT2D eigenvalue weighted by Gasteiger charge is 2.03. The maximum atomic E-state index is 5.74. The summed E-state index contributed by atoms with van der Waals surface area (Å²) in [4.78, 5) is 10.6. The summed E-state index contributed by atoms with van der Waals surface area (Å²) in [5.74, 6) is 0.693. The average Bonchev–Trinajstić information content (AvgIpc) is 2.57. The van der Waals surface area contributed by atoms with Gasteiger partial charge < -0.3 is 11.1 Å². The molecule has 3 N–H and O–H groups in total. The van der Waals surface area contributed by atoms with Crippen LogP contribution in [0.25, 0.3) is 0 Å². The van der Waals surface area contributed by atoms with E-state index in [2.05, 4.69) is 35.2 Å². The van der Waals surface area contributed by atoms with E-state index in [0.717, 1.165) is 6.54 Å². The topological polar surface area (TPSA) is 63.8 Å². The molecule has 4 nitrogen and oxygen atoms in total. The van der Waals surface area contributed by atoms with Crippen LogP contribution in [0.3, 0.4) is 0 Å². The normalized spacial score (nSPS) is 10.4. The van der Waals surface area contributed by atoms with Crippen molar-refractivity contribution in [2.24, 2.45) is 0 Å². The summed E-state index contributed by atoms with van der Waals surface area (Å²) in [6, 6.07) is 2.18. The van der Waals surface area contributed by atoms with Crippen molar-refractivity contribution >= 4 is 22.8 Å². The molecule has 0 unspecified atom stereocenters. The van der Waals surface area contributed by atoms with E-state index in [1.165, 1.54) is 21.6 Å². The van der Waals surface area contributed by atoms with E-state index in [0.29, 0.717) is 11.5 Å². The summed E-state index contributed by atoms with van der Waals surface area (Å²) in [5, 5.41) is 3.20. The first-order chi connectivity index (χ1) is 7.66. The van der Waals surface area contributed by atoms with Crippen LogP contribution in [0.4, 0.5) is 11.5 Å². The molecule has 84 valence electrons. The third-order valence-corrected chi connectivity index (χ3v) is 3.54. The quantitative estimate of drug-likeness (QED) is 0.855. The molecule has 0 aliphatic heterocycles. The van der Waals surface area contributed by atoms with Crippen LogP contribution in [-0.2, 0) is 6.54 Å². The molecule has 0 amide bonds. The fourth-order valence-corrected chi connectivity index (χ4v) is 2.39. The van der Waals surface area contributed by atoms with Crippen molar-refractivity contribution < 1.29 is 0 Å². The zero-order chi connectivity index (χ0) is 11.5. The molecule has 0 fully saturated rings. The lowest BCUT2D eigenvalue weighted by atomic mass is 10.3. The molecular formula is C11H14N4S. The van der Waals surface area contributed by atoms with Gasteiger partial charge in [0.2, 0.25) is 0 Å². The lowest BCUT2D eigenvalue weighted by molar-refractivity contribution is 1.10. The van der Waals surface area contributed by atoms with Crippen molar-refractivity contribution in [1.29, 1.82) is 0 Å². The Kier molecular flexibility index (Phi) is 3.05. The maximum Gasteiger partial charge on any atom is 0.152 e. The summed E-state index contributed by atoms with van der Waals surface area (Å²) in [5.41, 5.74) is 7.64. The van der Waals surface area contributed by atoms with Crippen LogP contribution < -0.4 is 11.1 Å². The number of aromatic nitrogens is 2. The third kappa shape index (κ3) is 2.30. The Hall–Kier alpha value is -1.62. The van der Waals surface area contributed by atoms with Crippen LogP contribution in [0.5, 0.6) is 0 Å². The van der Waals surface area contributed by atoms with Crippen molar-refractivity contribution in [3.8, 4) is 0 Å². The smallest absolute Gasteiger partial charge is 0.152 e. The summed E-state index contributed by atoms with van der Waals surface area (Å²) in [7, 11) is 0. The Morgan fingerprint density at radius 3 is 2.88 bits per heavy atom. The second kappa shape index (κ2) is 4.49. The molecule has 0 aromatic carbocycles. The van der Waals surface area contributed by atoms with E-state index in [-0.39, 0.29) is 0 Å². The summed E-state index contributed by atoms with van der Waals surface area (Å²) in [6.07, 6.45) is 3.09. The zero-order valence-corrected chi connectivity index (χ0v) is 10.1. The van der Waals surface area contributed by atoms with Crippen molar-refractivity contribution in [3.63, 3.8) is 0 Å². The van der Waals surface area contributed by atoms with Crippen molar-refractivity contribution in [1.82, 2.24) is 9.97 Å². The number of nitrogens with one attached hydrogen (secondary N) is 1. The SMILES string of the molecule is Cc1cc(CNc2ncncc2N)sc1C. The monoisotopic (exact) mass is 234 g/mol. The average molecular weight is 234 g/mol. The number of thiophene rings is 1. The van der Waals surface area contributed by atoms with Crippen molar-refractivity contribution in [2.75, 3.05) is 11.1 Å². The Labute approximate surface area is 98.6 Å². The molecule has 16 heavy (non-hydrogen) atoms. The lowest BCUT2D eigenvalue weighted by Crippen LogP contribution is -2.03. The van der Waals surface area contributed by atoms with Crippen LogP contribution >= 0.6 is 11.3 Å². The number of rotatable bonds is 3. The predicted octanol–water partition coefficient (Wildman–Crippen LogP) is 2.35. The third-order valence-electron chi connectivity index (χ3n) is 2.39. The van der Waals surface area contributed by atoms with E-state index in [1.54, 1.807) is 17.5 Å². The fraction of sp³-hybridized carbons (Fsp3) is 0.273. The highest BCUT2D eigenvalue weighted by atomic mass is 32.1. The molecule has 5 heteroatoms. The van der Waals surface area contributed by atoms with Crippen LogP contribution in [-0.4, -0.2) is 9.97 Å². The second-order valence-corrected chi connectivity index (χ2v) is 4.97. The van der Waals surface area contributed by atoms with Crippen molar-refractivity contribution in [2.45, 2.75) is 20.4 Å². The maximum absolute atomic E-state index is 5.74. The van der Waals surface area contributed by atoms with Crippen LogP contribution in [0.15, 0.2) is 18.6 Å².